The summed E-state index contributed by atoms with van der Waals surface area (Å²) in [7, 11) is 0. The third-order valence-electron chi connectivity index (χ3n) is 1.70. The van der Waals surface area contributed by atoms with E-state index in [1.54, 1.807) is 24.5 Å². The lowest BCUT2D eigenvalue weighted by Gasteiger charge is -2.05. The van der Waals surface area contributed by atoms with E-state index in [1.807, 2.05) is 12.1 Å². The molecule has 0 saturated carbocycles. The molecule has 0 amide bonds. The number of rotatable bonds is 2. The second kappa shape index (κ2) is 4.27. The molecule has 0 spiro atoms. The van der Waals surface area contributed by atoms with Crippen LogP contribution in [0, 0.1) is 0 Å². The zero-order valence-corrected chi connectivity index (χ0v) is 9.31. The summed E-state index contributed by atoms with van der Waals surface area (Å²) in [6, 6.07) is 7.08. The average Bonchev–Trinajstić information content (AvgIpc) is 2.25. The quantitative estimate of drug-likeness (QED) is 0.907. The molecule has 2 rings (SSSR count). The topological polar surface area (TPSA) is 61.0 Å². The molecule has 0 bridgehead atoms. The molecule has 2 N–H and O–H groups in total. The summed E-state index contributed by atoms with van der Waals surface area (Å²) in [5.74, 6) is 1.56. The number of anilines is 1. The van der Waals surface area contributed by atoms with Crippen molar-refractivity contribution in [3.63, 3.8) is 0 Å². The van der Waals surface area contributed by atoms with Crippen molar-refractivity contribution in [2.75, 3.05) is 5.73 Å². The number of aromatic nitrogens is 2. The van der Waals surface area contributed by atoms with E-state index < -0.39 is 0 Å². The van der Waals surface area contributed by atoms with Gasteiger partial charge in [0.05, 0.1) is 10.7 Å². The van der Waals surface area contributed by atoms with Crippen molar-refractivity contribution in [3.05, 3.63) is 41.1 Å². The van der Waals surface area contributed by atoms with Gasteiger partial charge in [0.1, 0.15) is 11.6 Å². The summed E-state index contributed by atoms with van der Waals surface area (Å²) < 4.78 is 6.28. The van der Waals surface area contributed by atoms with Crippen LogP contribution in [0.25, 0.3) is 0 Å². The fraction of sp³-hybridized carbons (Fsp3) is 0. The fourth-order valence-corrected chi connectivity index (χ4v) is 1.35. The Morgan fingerprint density at radius 3 is 2.73 bits per heavy atom. The molecule has 0 aliphatic rings. The Balaban J connectivity index is 2.22. The van der Waals surface area contributed by atoms with Crippen molar-refractivity contribution >= 4 is 21.7 Å². The van der Waals surface area contributed by atoms with E-state index in [1.165, 1.54) is 0 Å². The minimum Gasteiger partial charge on any atom is -0.436 e. The standard InChI is InChI=1S/C10H8BrN3O/c11-8-2-1-5-13-10(8)15-7-3-4-9(12)14-6-7/h1-6H,(H2,12,14). The maximum Gasteiger partial charge on any atom is 0.233 e. The Kier molecular flexibility index (Phi) is 2.82. The van der Waals surface area contributed by atoms with Crippen molar-refractivity contribution in [2.24, 2.45) is 0 Å². The number of nitrogen functional groups attached to an aromatic ring is 1. The van der Waals surface area contributed by atoms with Gasteiger partial charge >= 0.3 is 0 Å². The number of pyridine rings is 2. The maximum atomic E-state index is 5.49. The second-order valence-electron chi connectivity index (χ2n) is 2.81. The van der Waals surface area contributed by atoms with Crippen LogP contribution in [0.2, 0.25) is 0 Å². The molecule has 2 aromatic rings. The molecule has 0 saturated heterocycles. The lowest BCUT2D eigenvalue weighted by atomic mass is 10.4. The average molecular weight is 266 g/mol. The Hall–Kier alpha value is -1.62. The van der Waals surface area contributed by atoms with E-state index >= 15 is 0 Å². The third-order valence-corrected chi connectivity index (χ3v) is 2.30. The molecule has 0 aliphatic carbocycles. The lowest BCUT2D eigenvalue weighted by molar-refractivity contribution is 0.457. The predicted molar refractivity (Wildman–Crippen MR) is 60.7 cm³/mol. The highest BCUT2D eigenvalue weighted by Gasteiger charge is 2.02. The van der Waals surface area contributed by atoms with Gasteiger partial charge in [-0.2, -0.15) is 0 Å². The van der Waals surface area contributed by atoms with E-state index in [9.17, 15) is 0 Å². The van der Waals surface area contributed by atoms with Gasteiger partial charge in [-0.15, -0.1) is 0 Å². The van der Waals surface area contributed by atoms with Gasteiger partial charge in [-0.05, 0) is 40.2 Å². The Bertz CT molecular complexity index is 458. The van der Waals surface area contributed by atoms with Gasteiger partial charge < -0.3 is 10.5 Å². The van der Waals surface area contributed by atoms with Crippen LogP contribution < -0.4 is 10.5 Å². The Morgan fingerprint density at radius 2 is 2.07 bits per heavy atom. The molecular formula is C10H8BrN3O. The summed E-state index contributed by atoms with van der Waals surface area (Å²) >= 11 is 3.34. The predicted octanol–water partition coefficient (Wildman–Crippen LogP) is 2.61. The first-order valence-electron chi connectivity index (χ1n) is 4.25. The van der Waals surface area contributed by atoms with Gasteiger partial charge in [0.25, 0.3) is 0 Å². The molecule has 2 aromatic heterocycles. The molecule has 4 nitrogen and oxygen atoms in total. The molecule has 0 fully saturated rings. The summed E-state index contributed by atoms with van der Waals surface area (Å²) in [5.41, 5.74) is 5.46. The van der Waals surface area contributed by atoms with Crippen LogP contribution in [0.5, 0.6) is 11.6 Å². The lowest BCUT2D eigenvalue weighted by Crippen LogP contribution is -1.92. The zero-order chi connectivity index (χ0) is 10.7. The van der Waals surface area contributed by atoms with E-state index in [0.717, 1.165) is 4.47 Å². The van der Waals surface area contributed by atoms with E-state index in [4.69, 9.17) is 10.5 Å². The number of nitrogens with two attached hydrogens (primary N) is 1. The molecule has 0 atom stereocenters. The Labute approximate surface area is 95.2 Å². The molecule has 2 heterocycles. The normalized spacial score (nSPS) is 9.93. The van der Waals surface area contributed by atoms with Gasteiger partial charge in [-0.1, -0.05) is 0 Å². The van der Waals surface area contributed by atoms with Crippen LogP contribution in [0.3, 0.4) is 0 Å². The summed E-state index contributed by atoms with van der Waals surface area (Å²) in [6.45, 7) is 0. The first-order valence-corrected chi connectivity index (χ1v) is 5.05. The summed E-state index contributed by atoms with van der Waals surface area (Å²) in [6.07, 6.45) is 3.21. The number of ether oxygens (including phenoxy) is 1. The SMILES string of the molecule is Nc1ccc(Oc2ncccc2Br)cn1. The van der Waals surface area contributed by atoms with Gasteiger partial charge in [0.15, 0.2) is 0 Å². The smallest absolute Gasteiger partial charge is 0.233 e. The van der Waals surface area contributed by atoms with E-state index in [2.05, 4.69) is 25.9 Å². The number of halogens is 1. The Morgan fingerprint density at radius 1 is 1.20 bits per heavy atom. The van der Waals surface area contributed by atoms with Crippen molar-refractivity contribution in [2.45, 2.75) is 0 Å². The molecule has 0 aromatic carbocycles. The fourth-order valence-electron chi connectivity index (χ4n) is 1.01. The van der Waals surface area contributed by atoms with Crippen molar-refractivity contribution < 1.29 is 4.74 Å². The molecule has 0 radical (unpaired) electrons. The minimum absolute atomic E-state index is 0.461. The molecular weight excluding hydrogens is 258 g/mol. The van der Waals surface area contributed by atoms with Crippen LogP contribution in [0.4, 0.5) is 5.82 Å². The third kappa shape index (κ3) is 2.44. The molecule has 76 valence electrons. The van der Waals surface area contributed by atoms with Crippen LogP contribution in [0.15, 0.2) is 41.1 Å². The summed E-state index contributed by atoms with van der Waals surface area (Å²) in [4.78, 5) is 7.98. The van der Waals surface area contributed by atoms with Crippen molar-refractivity contribution in [1.29, 1.82) is 0 Å². The van der Waals surface area contributed by atoms with Gasteiger partial charge in [0, 0.05) is 6.20 Å². The molecule has 15 heavy (non-hydrogen) atoms. The van der Waals surface area contributed by atoms with Crippen molar-refractivity contribution in [1.82, 2.24) is 9.97 Å². The highest BCUT2D eigenvalue weighted by atomic mass is 79.9. The molecule has 0 aliphatic heterocycles. The monoisotopic (exact) mass is 265 g/mol. The highest BCUT2D eigenvalue weighted by Crippen LogP contribution is 2.26. The number of nitrogens with zero attached hydrogens (tertiary/aromatic N) is 2. The first-order chi connectivity index (χ1) is 7.25. The van der Waals surface area contributed by atoms with Crippen LogP contribution in [0.1, 0.15) is 0 Å². The van der Waals surface area contributed by atoms with Crippen LogP contribution >= 0.6 is 15.9 Å². The van der Waals surface area contributed by atoms with Gasteiger partial charge in [0.2, 0.25) is 5.88 Å². The van der Waals surface area contributed by atoms with Gasteiger partial charge in [-0.3, -0.25) is 0 Å². The largest absolute Gasteiger partial charge is 0.436 e. The number of hydrogen-bond acceptors (Lipinski definition) is 4. The van der Waals surface area contributed by atoms with Crippen molar-refractivity contribution in [3.8, 4) is 11.6 Å². The second-order valence-corrected chi connectivity index (χ2v) is 3.67. The molecule has 5 heteroatoms. The minimum atomic E-state index is 0.461. The van der Waals surface area contributed by atoms with Crippen LogP contribution in [-0.2, 0) is 0 Å². The number of hydrogen-bond donors (Lipinski definition) is 1. The van der Waals surface area contributed by atoms with E-state index in [0.29, 0.717) is 17.4 Å². The first kappa shape index (κ1) is 9.92. The van der Waals surface area contributed by atoms with Crippen LogP contribution in [-0.4, -0.2) is 9.97 Å². The highest BCUT2D eigenvalue weighted by molar-refractivity contribution is 9.10. The maximum absolute atomic E-state index is 5.49. The zero-order valence-electron chi connectivity index (χ0n) is 7.72. The van der Waals surface area contributed by atoms with Gasteiger partial charge in [-0.25, -0.2) is 9.97 Å². The van der Waals surface area contributed by atoms with E-state index in [-0.39, 0.29) is 0 Å². The molecule has 0 unspecified atom stereocenters. The summed E-state index contributed by atoms with van der Waals surface area (Å²) in [5, 5.41) is 0.